The molecule has 0 aliphatic carbocycles. The van der Waals surface area contributed by atoms with E-state index in [1.807, 2.05) is 11.8 Å². The first-order chi connectivity index (χ1) is 10.2. The number of aryl methyl sites for hydroxylation is 2. The lowest BCUT2D eigenvalue weighted by Gasteiger charge is -2.21. The summed E-state index contributed by atoms with van der Waals surface area (Å²) in [4.78, 5) is 2.51. The van der Waals surface area contributed by atoms with Gasteiger partial charge in [0, 0.05) is 28.0 Å². The Balaban J connectivity index is 1.86. The molecule has 0 saturated heterocycles. The summed E-state index contributed by atoms with van der Waals surface area (Å²) in [6, 6.07) is 10.5. The molecule has 2 atom stereocenters. The lowest BCUT2D eigenvalue weighted by atomic mass is 9.92. The third kappa shape index (κ3) is 3.19. The highest BCUT2D eigenvalue weighted by Crippen LogP contribution is 2.39. The standard InChI is InChI=1S/C17H21NOS2/c1-11-2-4-12(5-3-11)14(9-18)17(19)16-8-13-10-20-7-6-15(13)21-16/h2-5,8,14,17,19H,6-7,9-10,18H2,1H3. The number of nitrogens with two attached hydrogens (primary N) is 1. The van der Waals surface area contributed by atoms with Gasteiger partial charge in [-0.3, -0.25) is 0 Å². The molecule has 2 aromatic rings. The molecule has 112 valence electrons. The Kier molecular flexibility index (Phi) is 4.69. The number of fused-ring (bicyclic) bond motifs is 1. The van der Waals surface area contributed by atoms with Gasteiger partial charge in [-0.15, -0.1) is 11.3 Å². The van der Waals surface area contributed by atoms with E-state index in [2.05, 4.69) is 37.3 Å². The summed E-state index contributed by atoms with van der Waals surface area (Å²) in [5, 5.41) is 10.8. The van der Waals surface area contributed by atoms with Crippen LogP contribution in [0.1, 0.15) is 38.5 Å². The molecule has 2 unspecified atom stereocenters. The molecular formula is C17H21NOS2. The van der Waals surface area contributed by atoms with Crippen LogP contribution in [0.25, 0.3) is 0 Å². The topological polar surface area (TPSA) is 46.2 Å². The van der Waals surface area contributed by atoms with Crippen LogP contribution in [0.4, 0.5) is 0 Å². The van der Waals surface area contributed by atoms with E-state index in [1.165, 1.54) is 21.8 Å². The summed E-state index contributed by atoms with van der Waals surface area (Å²) >= 11 is 3.74. The number of hydrogen-bond acceptors (Lipinski definition) is 4. The first-order valence-electron chi connectivity index (χ1n) is 7.33. The van der Waals surface area contributed by atoms with Crippen LogP contribution in [-0.2, 0) is 12.2 Å². The fourth-order valence-corrected chi connectivity index (χ4v) is 5.20. The number of hydrogen-bond donors (Lipinski definition) is 2. The maximum Gasteiger partial charge on any atom is 0.0962 e. The molecule has 21 heavy (non-hydrogen) atoms. The molecule has 1 aromatic heterocycles. The second-order valence-electron chi connectivity index (χ2n) is 5.60. The number of thiophene rings is 1. The zero-order valence-corrected chi connectivity index (χ0v) is 13.8. The van der Waals surface area contributed by atoms with Gasteiger partial charge in [0.25, 0.3) is 0 Å². The van der Waals surface area contributed by atoms with Crippen molar-refractivity contribution in [2.75, 3.05) is 12.3 Å². The molecule has 1 aliphatic rings. The summed E-state index contributed by atoms with van der Waals surface area (Å²) in [6.45, 7) is 2.53. The maximum absolute atomic E-state index is 10.8. The smallest absolute Gasteiger partial charge is 0.0962 e. The van der Waals surface area contributed by atoms with Crippen molar-refractivity contribution in [2.24, 2.45) is 5.73 Å². The van der Waals surface area contributed by atoms with Crippen molar-refractivity contribution >= 4 is 23.1 Å². The van der Waals surface area contributed by atoms with Crippen molar-refractivity contribution in [3.05, 3.63) is 56.8 Å². The average Bonchev–Trinajstić information content (AvgIpc) is 2.93. The SMILES string of the molecule is Cc1ccc(C(CN)C(O)c2cc3c(s2)CCSC3)cc1. The molecule has 2 nitrogen and oxygen atoms in total. The van der Waals surface area contributed by atoms with E-state index in [9.17, 15) is 5.11 Å². The summed E-state index contributed by atoms with van der Waals surface area (Å²) in [7, 11) is 0. The van der Waals surface area contributed by atoms with Crippen LogP contribution in [-0.4, -0.2) is 17.4 Å². The lowest BCUT2D eigenvalue weighted by molar-refractivity contribution is 0.151. The van der Waals surface area contributed by atoms with Crippen LogP contribution >= 0.6 is 23.1 Å². The van der Waals surface area contributed by atoms with E-state index in [0.717, 1.165) is 22.6 Å². The number of thioether (sulfide) groups is 1. The molecule has 0 spiro atoms. The molecule has 0 saturated carbocycles. The van der Waals surface area contributed by atoms with Gasteiger partial charge < -0.3 is 10.8 Å². The number of aliphatic hydroxyl groups excluding tert-OH is 1. The second kappa shape index (κ2) is 6.53. The molecule has 1 aliphatic heterocycles. The van der Waals surface area contributed by atoms with Crippen molar-refractivity contribution in [3.8, 4) is 0 Å². The fourth-order valence-electron chi connectivity index (χ4n) is 2.78. The van der Waals surface area contributed by atoms with Gasteiger partial charge in [0.1, 0.15) is 0 Å². The minimum atomic E-state index is -0.502. The molecule has 0 amide bonds. The van der Waals surface area contributed by atoms with E-state index in [4.69, 9.17) is 5.73 Å². The van der Waals surface area contributed by atoms with E-state index >= 15 is 0 Å². The van der Waals surface area contributed by atoms with Gasteiger partial charge in [-0.05, 0) is 36.3 Å². The van der Waals surface area contributed by atoms with Crippen LogP contribution in [0.5, 0.6) is 0 Å². The largest absolute Gasteiger partial charge is 0.387 e. The summed E-state index contributed by atoms with van der Waals surface area (Å²) in [6.07, 6.45) is 0.633. The van der Waals surface area contributed by atoms with Crippen molar-refractivity contribution < 1.29 is 5.11 Å². The van der Waals surface area contributed by atoms with Crippen LogP contribution in [0, 0.1) is 6.92 Å². The summed E-state index contributed by atoms with van der Waals surface area (Å²) in [5.74, 6) is 2.25. The van der Waals surface area contributed by atoms with Gasteiger partial charge in [-0.25, -0.2) is 0 Å². The molecular weight excluding hydrogens is 298 g/mol. The van der Waals surface area contributed by atoms with Crippen LogP contribution < -0.4 is 5.73 Å². The van der Waals surface area contributed by atoms with E-state index in [0.29, 0.717) is 6.54 Å². The third-order valence-corrected chi connectivity index (χ3v) is 6.39. The molecule has 0 fully saturated rings. The molecule has 3 N–H and O–H groups in total. The molecule has 0 bridgehead atoms. The van der Waals surface area contributed by atoms with Gasteiger partial charge in [0.05, 0.1) is 6.10 Å². The lowest BCUT2D eigenvalue weighted by Crippen LogP contribution is -2.19. The fraction of sp³-hybridized carbons (Fsp3) is 0.412. The van der Waals surface area contributed by atoms with Crippen molar-refractivity contribution in [1.82, 2.24) is 0 Å². The van der Waals surface area contributed by atoms with Gasteiger partial charge in [-0.1, -0.05) is 29.8 Å². The zero-order chi connectivity index (χ0) is 14.8. The van der Waals surface area contributed by atoms with Gasteiger partial charge in [0.2, 0.25) is 0 Å². The first-order valence-corrected chi connectivity index (χ1v) is 9.30. The van der Waals surface area contributed by atoms with Gasteiger partial charge in [0.15, 0.2) is 0 Å². The quantitative estimate of drug-likeness (QED) is 0.905. The summed E-state index contributed by atoms with van der Waals surface area (Å²) < 4.78 is 0. The van der Waals surface area contributed by atoms with Gasteiger partial charge in [-0.2, -0.15) is 11.8 Å². The summed E-state index contributed by atoms with van der Waals surface area (Å²) in [5.41, 5.74) is 9.70. The Morgan fingerprint density at radius 3 is 2.71 bits per heavy atom. The Morgan fingerprint density at radius 1 is 1.29 bits per heavy atom. The van der Waals surface area contributed by atoms with Crippen LogP contribution in [0.15, 0.2) is 30.3 Å². The predicted molar refractivity (Wildman–Crippen MR) is 92.1 cm³/mol. The highest BCUT2D eigenvalue weighted by atomic mass is 32.2. The van der Waals surface area contributed by atoms with E-state index in [1.54, 1.807) is 11.3 Å². The van der Waals surface area contributed by atoms with Crippen molar-refractivity contribution in [3.63, 3.8) is 0 Å². The third-order valence-electron chi connectivity index (χ3n) is 4.08. The monoisotopic (exact) mass is 319 g/mol. The van der Waals surface area contributed by atoms with Gasteiger partial charge >= 0.3 is 0 Å². The number of benzene rings is 1. The molecule has 4 heteroatoms. The minimum absolute atomic E-state index is 0.0293. The molecule has 3 rings (SSSR count). The van der Waals surface area contributed by atoms with E-state index < -0.39 is 6.10 Å². The van der Waals surface area contributed by atoms with E-state index in [-0.39, 0.29) is 5.92 Å². The highest BCUT2D eigenvalue weighted by Gasteiger charge is 2.25. The van der Waals surface area contributed by atoms with Crippen LogP contribution in [0.2, 0.25) is 0 Å². The Hall–Kier alpha value is -0.810. The number of aliphatic hydroxyl groups is 1. The van der Waals surface area contributed by atoms with Crippen molar-refractivity contribution in [1.29, 1.82) is 0 Å². The van der Waals surface area contributed by atoms with Crippen LogP contribution in [0.3, 0.4) is 0 Å². The number of rotatable bonds is 4. The second-order valence-corrected chi connectivity index (χ2v) is 7.87. The van der Waals surface area contributed by atoms with Crippen molar-refractivity contribution in [2.45, 2.75) is 31.1 Å². The Bertz CT molecular complexity index is 582. The first kappa shape index (κ1) is 15.1. The Labute approximate surface area is 134 Å². The maximum atomic E-state index is 10.8. The zero-order valence-electron chi connectivity index (χ0n) is 12.2. The predicted octanol–water partition coefficient (Wildman–Crippen LogP) is 3.62. The normalized spacial score (nSPS) is 17.3. The average molecular weight is 319 g/mol. The minimum Gasteiger partial charge on any atom is -0.387 e. The molecule has 2 heterocycles. The molecule has 0 radical (unpaired) electrons. The molecule has 1 aromatic carbocycles. The highest BCUT2D eigenvalue weighted by molar-refractivity contribution is 7.98. The Morgan fingerprint density at radius 2 is 2.05 bits per heavy atom.